The molecule has 9 heteroatoms. The standard InChI is InChI=1S/C30H35NO7S/c1-20(10-12-25(32)36-18-15-31-13-16-35-17-14-31)9-11-23-27(34-3)21(2)24-19-37-29(33)26(24)28(23)38-30(39)22-7-5-4-6-8-22/h4-9H,10-19H2,1-3H3/b20-9+. The monoisotopic (exact) mass is 553 g/mol. The molecule has 0 spiro atoms. The smallest absolute Gasteiger partial charge is 0.342 e. The third-order valence-electron chi connectivity index (χ3n) is 6.98. The first-order valence-electron chi connectivity index (χ1n) is 13.2. The van der Waals surface area contributed by atoms with Crippen molar-refractivity contribution in [3.8, 4) is 11.5 Å². The molecular formula is C30H35NO7S. The zero-order valence-corrected chi connectivity index (χ0v) is 23.6. The number of hydrogen-bond donors (Lipinski definition) is 0. The maximum absolute atomic E-state index is 12.7. The summed E-state index contributed by atoms with van der Waals surface area (Å²) in [5.41, 5.74) is 4.42. The van der Waals surface area contributed by atoms with Gasteiger partial charge in [0, 0.05) is 42.7 Å². The summed E-state index contributed by atoms with van der Waals surface area (Å²) in [5, 5.41) is 0.255. The number of thiocarbonyl (C=S) groups is 1. The second-order valence-electron chi connectivity index (χ2n) is 9.58. The quantitative estimate of drug-likeness (QED) is 0.226. The number of cyclic esters (lactones) is 1. The van der Waals surface area contributed by atoms with Gasteiger partial charge in [-0.05, 0) is 44.5 Å². The second kappa shape index (κ2) is 13.7. The van der Waals surface area contributed by atoms with E-state index < -0.39 is 5.97 Å². The maximum Gasteiger partial charge on any atom is 0.342 e. The minimum atomic E-state index is -0.441. The number of carbonyl (C=O) groups excluding carboxylic acids is 2. The van der Waals surface area contributed by atoms with E-state index in [4.69, 9.17) is 35.9 Å². The van der Waals surface area contributed by atoms with Crippen LogP contribution in [0.25, 0.3) is 0 Å². The number of morpholine rings is 1. The zero-order valence-electron chi connectivity index (χ0n) is 22.7. The van der Waals surface area contributed by atoms with Crippen molar-refractivity contribution in [2.24, 2.45) is 0 Å². The van der Waals surface area contributed by atoms with Gasteiger partial charge in [-0.15, -0.1) is 0 Å². The van der Waals surface area contributed by atoms with Crippen LogP contribution >= 0.6 is 12.2 Å². The number of carbonyl (C=O) groups is 2. The normalized spacial score (nSPS) is 15.5. The first-order chi connectivity index (χ1) is 18.9. The Balaban J connectivity index is 1.46. The fourth-order valence-electron chi connectivity index (χ4n) is 4.71. The van der Waals surface area contributed by atoms with Gasteiger partial charge < -0.3 is 23.7 Å². The molecule has 2 aromatic rings. The highest BCUT2D eigenvalue weighted by molar-refractivity contribution is 7.80. The molecule has 1 saturated heterocycles. The molecule has 0 radical (unpaired) electrons. The molecule has 2 aliphatic heterocycles. The van der Waals surface area contributed by atoms with E-state index in [1.165, 1.54) is 0 Å². The van der Waals surface area contributed by atoms with E-state index >= 15 is 0 Å². The van der Waals surface area contributed by atoms with Gasteiger partial charge in [0.2, 0.25) is 0 Å². The Hall–Kier alpha value is -3.27. The molecule has 0 unspecified atom stereocenters. The van der Waals surface area contributed by atoms with Crippen molar-refractivity contribution in [2.45, 2.75) is 39.7 Å². The molecule has 2 aromatic carbocycles. The largest absolute Gasteiger partial charge is 0.496 e. The summed E-state index contributed by atoms with van der Waals surface area (Å²) in [4.78, 5) is 27.3. The van der Waals surface area contributed by atoms with Gasteiger partial charge in [0.25, 0.3) is 0 Å². The van der Waals surface area contributed by atoms with Gasteiger partial charge in [0.1, 0.15) is 24.5 Å². The molecule has 39 heavy (non-hydrogen) atoms. The molecule has 2 heterocycles. The van der Waals surface area contributed by atoms with E-state index in [1.54, 1.807) is 7.11 Å². The van der Waals surface area contributed by atoms with Gasteiger partial charge >= 0.3 is 11.9 Å². The number of methoxy groups -OCH3 is 1. The second-order valence-corrected chi connectivity index (χ2v) is 9.95. The first-order valence-corrected chi connectivity index (χ1v) is 13.6. The van der Waals surface area contributed by atoms with E-state index in [9.17, 15) is 9.59 Å². The summed E-state index contributed by atoms with van der Waals surface area (Å²) >= 11 is 5.58. The molecular weight excluding hydrogens is 518 g/mol. The minimum Gasteiger partial charge on any atom is -0.496 e. The molecule has 0 bridgehead atoms. The Morgan fingerprint density at radius 1 is 1.13 bits per heavy atom. The van der Waals surface area contributed by atoms with Crippen molar-refractivity contribution in [3.05, 3.63) is 69.8 Å². The number of benzene rings is 2. The number of fused-ring (bicyclic) bond motifs is 1. The SMILES string of the molecule is COc1c(C)c2c(c(OC(=S)c3ccccc3)c1C/C=C(\C)CCC(=O)OCCN1CCOCC1)C(=O)OC2. The topological polar surface area (TPSA) is 83.5 Å². The van der Waals surface area contributed by atoms with Crippen LogP contribution in [0.15, 0.2) is 42.0 Å². The van der Waals surface area contributed by atoms with Crippen LogP contribution in [0.1, 0.15) is 52.4 Å². The van der Waals surface area contributed by atoms with Gasteiger partial charge in [0.05, 0.1) is 20.3 Å². The van der Waals surface area contributed by atoms with Crippen molar-refractivity contribution in [1.82, 2.24) is 4.90 Å². The molecule has 0 aliphatic carbocycles. The number of allylic oxidation sites excluding steroid dienone is 2. The van der Waals surface area contributed by atoms with Crippen molar-refractivity contribution in [1.29, 1.82) is 0 Å². The third-order valence-corrected chi connectivity index (χ3v) is 7.30. The van der Waals surface area contributed by atoms with Crippen molar-refractivity contribution in [2.75, 3.05) is 46.6 Å². The van der Waals surface area contributed by atoms with Crippen LogP contribution in [0.2, 0.25) is 0 Å². The minimum absolute atomic E-state index is 0.160. The summed E-state index contributed by atoms with van der Waals surface area (Å²) in [6.07, 6.45) is 3.29. The zero-order chi connectivity index (χ0) is 27.8. The molecule has 0 atom stereocenters. The van der Waals surface area contributed by atoms with Gasteiger partial charge in [-0.1, -0.05) is 42.0 Å². The first kappa shape index (κ1) is 28.7. The average molecular weight is 554 g/mol. The summed E-state index contributed by atoms with van der Waals surface area (Å²) in [5.74, 6) is 0.324. The lowest BCUT2D eigenvalue weighted by atomic mass is 9.94. The van der Waals surface area contributed by atoms with Crippen LogP contribution in [0.5, 0.6) is 11.5 Å². The predicted octanol–water partition coefficient (Wildman–Crippen LogP) is 4.57. The Kier molecular flexibility index (Phi) is 10.1. The Morgan fingerprint density at radius 3 is 2.59 bits per heavy atom. The van der Waals surface area contributed by atoms with Crippen molar-refractivity contribution >= 4 is 29.2 Å². The molecule has 0 amide bonds. The fourth-order valence-corrected chi connectivity index (χ4v) is 4.93. The van der Waals surface area contributed by atoms with E-state index in [1.807, 2.05) is 50.3 Å². The fraction of sp³-hybridized carbons (Fsp3) is 0.433. The summed E-state index contributed by atoms with van der Waals surface area (Å²) < 4.78 is 28.1. The molecule has 0 N–H and O–H groups in total. The number of rotatable bonds is 11. The number of nitrogens with zero attached hydrogens (tertiary/aromatic N) is 1. The number of ether oxygens (including phenoxy) is 5. The van der Waals surface area contributed by atoms with Crippen LogP contribution in [0, 0.1) is 6.92 Å². The van der Waals surface area contributed by atoms with Crippen molar-refractivity contribution in [3.63, 3.8) is 0 Å². The van der Waals surface area contributed by atoms with Crippen LogP contribution in [0.3, 0.4) is 0 Å². The average Bonchev–Trinajstić information content (AvgIpc) is 3.35. The summed E-state index contributed by atoms with van der Waals surface area (Å²) in [6.45, 7) is 8.31. The molecule has 208 valence electrons. The van der Waals surface area contributed by atoms with Gasteiger partial charge in [-0.3, -0.25) is 9.69 Å². The van der Waals surface area contributed by atoms with Gasteiger partial charge in [-0.2, -0.15) is 0 Å². The Morgan fingerprint density at radius 2 is 1.87 bits per heavy atom. The van der Waals surface area contributed by atoms with Gasteiger partial charge in [-0.25, -0.2) is 4.79 Å². The summed E-state index contributed by atoms with van der Waals surface area (Å²) in [7, 11) is 1.60. The Labute approximate surface area is 234 Å². The highest BCUT2D eigenvalue weighted by Crippen LogP contribution is 2.43. The van der Waals surface area contributed by atoms with Crippen LogP contribution < -0.4 is 9.47 Å². The third kappa shape index (κ3) is 7.23. The van der Waals surface area contributed by atoms with E-state index in [-0.39, 0.29) is 17.6 Å². The molecule has 2 aliphatic rings. The Bertz CT molecular complexity index is 1240. The van der Waals surface area contributed by atoms with Crippen LogP contribution in [-0.4, -0.2) is 68.5 Å². The molecule has 4 rings (SSSR count). The van der Waals surface area contributed by atoms with E-state index in [0.717, 1.165) is 55.1 Å². The lowest BCUT2D eigenvalue weighted by molar-refractivity contribution is -0.144. The lowest BCUT2D eigenvalue weighted by Crippen LogP contribution is -2.38. The number of hydrogen-bond acceptors (Lipinski definition) is 9. The predicted molar refractivity (Wildman–Crippen MR) is 151 cm³/mol. The summed E-state index contributed by atoms with van der Waals surface area (Å²) in [6, 6.07) is 9.36. The van der Waals surface area contributed by atoms with E-state index in [0.29, 0.717) is 48.5 Å². The highest BCUT2D eigenvalue weighted by Gasteiger charge is 2.33. The molecule has 8 nitrogen and oxygen atoms in total. The maximum atomic E-state index is 12.7. The van der Waals surface area contributed by atoms with Gasteiger partial charge in [0.15, 0.2) is 10.8 Å². The number of esters is 2. The molecule has 1 fully saturated rings. The molecule has 0 saturated carbocycles. The van der Waals surface area contributed by atoms with Crippen LogP contribution in [0.4, 0.5) is 0 Å². The van der Waals surface area contributed by atoms with Crippen LogP contribution in [-0.2, 0) is 32.0 Å². The molecule has 0 aromatic heterocycles. The lowest BCUT2D eigenvalue weighted by Gasteiger charge is -2.26. The van der Waals surface area contributed by atoms with Crippen molar-refractivity contribution < 1.29 is 33.3 Å². The van der Waals surface area contributed by atoms with E-state index in [2.05, 4.69) is 4.90 Å². The highest BCUT2D eigenvalue weighted by atomic mass is 32.1.